The summed E-state index contributed by atoms with van der Waals surface area (Å²) in [6.07, 6.45) is 0.393. The maximum atomic E-state index is 14.8. The van der Waals surface area contributed by atoms with Gasteiger partial charge in [-0.3, -0.25) is 9.69 Å². The molecule has 1 N–H and O–H groups in total. The Balaban J connectivity index is 2.08. The number of likely N-dealkylation sites (N-methyl/N-ethyl adjacent to an activating group) is 1. The Morgan fingerprint density at radius 1 is 1.61 bits per heavy atom. The third-order valence-electron chi connectivity index (χ3n) is 3.29. The summed E-state index contributed by atoms with van der Waals surface area (Å²) >= 11 is 5.88. The van der Waals surface area contributed by atoms with Gasteiger partial charge in [0.25, 0.3) is 0 Å². The van der Waals surface area contributed by atoms with Crippen molar-refractivity contribution in [1.29, 1.82) is 0 Å². The van der Waals surface area contributed by atoms with Gasteiger partial charge in [-0.15, -0.1) is 0 Å². The molecular weight excluding hydrogens is 255 g/mol. The van der Waals surface area contributed by atoms with Crippen LogP contribution in [0.5, 0.6) is 0 Å². The van der Waals surface area contributed by atoms with Crippen LogP contribution in [-0.2, 0) is 10.5 Å². The lowest BCUT2D eigenvalue weighted by atomic mass is 9.95. The number of carbonyl (C=O) groups is 1. The molecule has 5 heteroatoms. The fourth-order valence-electron chi connectivity index (χ4n) is 2.27. The van der Waals surface area contributed by atoms with Gasteiger partial charge in [-0.05, 0) is 24.1 Å². The van der Waals surface area contributed by atoms with Crippen molar-refractivity contribution in [2.45, 2.75) is 12.1 Å². The standard InChI is InChI=1S/C13H16ClFN2O/c1-16-12(18)8-17-6-5-13(15,9-17)10-3-2-4-11(14)7-10/h2-4,7H,5-6,8-9H2,1H3,(H,16,18)/t13-/m1/s1. The minimum Gasteiger partial charge on any atom is -0.358 e. The number of halogens is 2. The number of hydrogen-bond acceptors (Lipinski definition) is 2. The Bertz CT molecular complexity index is 454. The Labute approximate surface area is 111 Å². The van der Waals surface area contributed by atoms with Gasteiger partial charge in [0.05, 0.1) is 6.54 Å². The largest absolute Gasteiger partial charge is 0.358 e. The topological polar surface area (TPSA) is 32.3 Å². The van der Waals surface area contributed by atoms with Crippen molar-refractivity contribution in [1.82, 2.24) is 10.2 Å². The lowest BCUT2D eigenvalue weighted by Crippen LogP contribution is -2.35. The number of nitrogens with one attached hydrogen (secondary N) is 1. The number of amides is 1. The third kappa shape index (κ3) is 2.82. The maximum Gasteiger partial charge on any atom is 0.233 e. The normalized spacial score (nSPS) is 24.2. The molecule has 1 fully saturated rings. The van der Waals surface area contributed by atoms with Gasteiger partial charge in [-0.25, -0.2) is 4.39 Å². The number of likely N-dealkylation sites (tertiary alicyclic amines) is 1. The van der Waals surface area contributed by atoms with Crippen molar-refractivity contribution in [2.75, 3.05) is 26.7 Å². The molecule has 0 unspecified atom stereocenters. The average molecular weight is 271 g/mol. The lowest BCUT2D eigenvalue weighted by Gasteiger charge is -2.21. The van der Waals surface area contributed by atoms with Gasteiger partial charge in [-0.1, -0.05) is 23.7 Å². The molecular formula is C13H16ClFN2O. The number of carbonyl (C=O) groups excluding carboxylic acids is 1. The van der Waals surface area contributed by atoms with E-state index in [0.717, 1.165) is 0 Å². The van der Waals surface area contributed by atoms with Gasteiger partial charge < -0.3 is 5.32 Å². The highest BCUT2D eigenvalue weighted by Crippen LogP contribution is 2.36. The molecule has 18 heavy (non-hydrogen) atoms. The van der Waals surface area contributed by atoms with E-state index in [0.29, 0.717) is 23.6 Å². The summed E-state index contributed by atoms with van der Waals surface area (Å²) < 4.78 is 14.8. The molecule has 3 nitrogen and oxygen atoms in total. The quantitative estimate of drug-likeness (QED) is 0.911. The zero-order valence-electron chi connectivity index (χ0n) is 10.2. The van der Waals surface area contributed by atoms with Crippen molar-refractivity contribution >= 4 is 17.5 Å². The van der Waals surface area contributed by atoms with Gasteiger partial charge >= 0.3 is 0 Å². The number of benzene rings is 1. The fourth-order valence-corrected chi connectivity index (χ4v) is 2.46. The number of alkyl halides is 1. The smallest absolute Gasteiger partial charge is 0.233 e. The first-order valence-electron chi connectivity index (χ1n) is 5.91. The number of hydrogen-bond donors (Lipinski definition) is 1. The van der Waals surface area contributed by atoms with Crippen LogP contribution in [0.2, 0.25) is 5.02 Å². The van der Waals surface area contributed by atoms with E-state index in [1.807, 2.05) is 4.90 Å². The Kier molecular flexibility index (Phi) is 3.88. The predicted molar refractivity (Wildman–Crippen MR) is 69.4 cm³/mol. The lowest BCUT2D eigenvalue weighted by molar-refractivity contribution is -0.121. The highest BCUT2D eigenvalue weighted by atomic mass is 35.5. The van der Waals surface area contributed by atoms with Crippen LogP contribution in [0.3, 0.4) is 0 Å². The molecule has 1 aliphatic heterocycles. The van der Waals surface area contributed by atoms with Crippen LogP contribution in [0, 0.1) is 0 Å². The van der Waals surface area contributed by atoms with Crippen molar-refractivity contribution in [3.8, 4) is 0 Å². The fraction of sp³-hybridized carbons (Fsp3) is 0.462. The summed E-state index contributed by atoms with van der Waals surface area (Å²) in [4.78, 5) is 13.1. The SMILES string of the molecule is CNC(=O)CN1CC[C@](F)(c2cccc(Cl)c2)C1. The van der Waals surface area contributed by atoms with Gasteiger partial charge in [0, 0.05) is 25.2 Å². The molecule has 1 aromatic carbocycles. The molecule has 1 heterocycles. The molecule has 1 amide bonds. The molecule has 1 aromatic rings. The highest BCUT2D eigenvalue weighted by molar-refractivity contribution is 6.30. The summed E-state index contributed by atoms with van der Waals surface area (Å²) in [5.74, 6) is -0.0923. The molecule has 1 atom stereocenters. The van der Waals surface area contributed by atoms with Crippen molar-refractivity contribution in [3.05, 3.63) is 34.9 Å². The summed E-state index contributed by atoms with van der Waals surface area (Å²) in [7, 11) is 1.58. The second kappa shape index (κ2) is 5.24. The minimum atomic E-state index is -1.40. The van der Waals surface area contributed by atoms with Crippen LogP contribution in [0.4, 0.5) is 4.39 Å². The van der Waals surface area contributed by atoms with E-state index in [1.165, 1.54) is 0 Å². The van der Waals surface area contributed by atoms with Gasteiger partial charge in [-0.2, -0.15) is 0 Å². The van der Waals surface area contributed by atoms with E-state index in [1.54, 1.807) is 31.3 Å². The van der Waals surface area contributed by atoms with Gasteiger partial charge in [0.2, 0.25) is 5.91 Å². The molecule has 0 saturated carbocycles. The van der Waals surface area contributed by atoms with Crippen LogP contribution in [0.25, 0.3) is 0 Å². The van der Waals surface area contributed by atoms with Crippen LogP contribution in [-0.4, -0.2) is 37.5 Å². The molecule has 1 aliphatic rings. The summed E-state index contributed by atoms with van der Waals surface area (Å²) in [6.45, 7) is 1.06. The average Bonchev–Trinajstić information content (AvgIpc) is 2.72. The first-order valence-corrected chi connectivity index (χ1v) is 6.29. The molecule has 0 aromatic heterocycles. The maximum absolute atomic E-state index is 14.8. The van der Waals surface area contributed by atoms with Crippen molar-refractivity contribution in [2.24, 2.45) is 0 Å². The molecule has 0 spiro atoms. The van der Waals surface area contributed by atoms with E-state index < -0.39 is 5.67 Å². The highest BCUT2D eigenvalue weighted by Gasteiger charge is 2.40. The molecule has 2 rings (SSSR count). The monoisotopic (exact) mass is 270 g/mol. The zero-order valence-corrected chi connectivity index (χ0v) is 11.0. The Hall–Kier alpha value is -1.13. The number of rotatable bonds is 3. The zero-order chi connectivity index (χ0) is 13.2. The van der Waals surface area contributed by atoms with Crippen molar-refractivity contribution in [3.63, 3.8) is 0 Å². The van der Waals surface area contributed by atoms with Crippen LogP contribution >= 0.6 is 11.6 Å². The molecule has 98 valence electrons. The molecule has 0 bridgehead atoms. The van der Waals surface area contributed by atoms with Crippen molar-refractivity contribution < 1.29 is 9.18 Å². The second-order valence-corrected chi connectivity index (χ2v) is 5.05. The molecule has 1 saturated heterocycles. The minimum absolute atomic E-state index is 0.0923. The van der Waals surface area contributed by atoms with E-state index in [-0.39, 0.29) is 19.0 Å². The number of nitrogens with zero attached hydrogens (tertiary/aromatic N) is 1. The third-order valence-corrected chi connectivity index (χ3v) is 3.52. The summed E-state index contributed by atoms with van der Waals surface area (Å²) in [5, 5.41) is 3.08. The van der Waals surface area contributed by atoms with Crippen LogP contribution in [0.1, 0.15) is 12.0 Å². The van der Waals surface area contributed by atoms with E-state index >= 15 is 0 Å². The summed E-state index contributed by atoms with van der Waals surface area (Å²) in [6, 6.07) is 6.88. The van der Waals surface area contributed by atoms with E-state index in [4.69, 9.17) is 11.6 Å². The first kappa shape index (κ1) is 13.3. The van der Waals surface area contributed by atoms with Crippen LogP contribution < -0.4 is 5.32 Å². The predicted octanol–water partition coefficient (Wildman–Crippen LogP) is 1.96. The molecule has 0 radical (unpaired) electrons. The summed E-state index contributed by atoms with van der Waals surface area (Å²) in [5.41, 5.74) is -0.812. The van der Waals surface area contributed by atoms with Gasteiger partial charge in [0.15, 0.2) is 0 Å². The second-order valence-electron chi connectivity index (χ2n) is 4.61. The van der Waals surface area contributed by atoms with E-state index in [2.05, 4.69) is 5.32 Å². The molecule has 0 aliphatic carbocycles. The van der Waals surface area contributed by atoms with Gasteiger partial charge in [0.1, 0.15) is 5.67 Å². The first-order chi connectivity index (χ1) is 8.53. The Morgan fingerprint density at radius 2 is 2.39 bits per heavy atom. The van der Waals surface area contributed by atoms with E-state index in [9.17, 15) is 9.18 Å². The Morgan fingerprint density at radius 3 is 3.06 bits per heavy atom. The van der Waals surface area contributed by atoms with Crippen LogP contribution in [0.15, 0.2) is 24.3 Å².